The summed E-state index contributed by atoms with van der Waals surface area (Å²) in [6.07, 6.45) is 3.79. The van der Waals surface area contributed by atoms with Crippen molar-refractivity contribution >= 4 is 50.8 Å². The molecular formula is C7H4I2N2. The molecule has 0 saturated heterocycles. The second kappa shape index (κ2) is 2.89. The molecule has 0 atom stereocenters. The standard InChI is InChI=1S/C7H4I2N2/c8-5-1-2-6(9)11-4-3-10-7(5)11/h1-4H. The first-order chi connectivity index (χ1) is 5.29. The lowest BCUT2D eigenvalue weighted by atomic mass is 10.5. The fraction of sp³-hybridized carbons (Fsp3) is 0. The van der Waals surface area contributed by atoms with Crippen LogP contribution < -0.4 is 0 Å². The number of hydrogen-bond donors (Lipinski definition) is 0. The molecule has 0 bridgehead atoms. The summed E-state index contributed by atoms with van der Waals surface area (Å²) in [6.45, 7) is 0. The first-order valence-electron chi connectivity index (χ1n) is 3.06. The monoisotopic (exact) mass is 370 g/mol. The normalized spacial score (nSPS) is 10.7. The molecule has 0 N–H and O–H groups in total. The molecule has 0 fully saturated rings. The number of rotatable bonds is 0. The van der Waals surface area contributed by atoms with Crippen molar-refractivity contribution in [1.82, 2.24) is 9.38 Å². The summed E-state index contributed by atoms with van der Waals surface area (Å²) < 4.78 is 4.45. The van der Waals surface area contributed by atoms with E-state index < -0.39 is 0 Å². The molecule has 0 aliphatic heterocycles. The minimum absolute atomic E-state index is 1.04. The van der Waals surface area contributed by atoms with Gasteiger partial charge in [0.25, 0.3) is 0 Å². The molecule has 0 aliphatic rings. The highest BCUT2D eigenvalue weighted by molar-refractivity contribution is 14.1. The van der Waals surface area contributed by atoms with Crippen LogP contribution in [0.25, 0.3) is 5.65 Å². The molecule has 0 radical (unpaired) electrons. The van der Waals surface area contributed by atoms with Gasteiger partial charge in [-0.1, -0.05) is 0 Å². The molecule has 4 heteroatoms. The highest BCUT2D eigenvalue weighted by Crippen LogP contribution is 2.15. The zero-order chi connectivity index (χ0) is 7.84. The number of aromatic nitrogens is 2. The van der Waals surface area contributed by atoms with Gasteiger partial charge < -0.3 is 0 Å². The Bertz CT molecular complexity index is 358. The topological polar surface area (TPSA) is 17.3 Å². The van der Waals surface area contributed by atoms with Gasteiger partial charge in [-0.25, -0.2) is 4.98 Å². The number of halogens is 2. The van der Waals surface area contributed by atoms with E-state index in [4.69, 9.17) is 0 Å². The number of fused-ring (bicyclic) bond motifs is 1. The molecule has 0 amide bonds. The molecule has 2 nitrogen and oxygen atoms in total. The fourth-order valence-electron chi connectivity index (χ4n) is 0.949. The average Bonchev–Trinajstić information content (AvgIpc) is 2.45. The lowest BCUT2D eigenvalue weighted by Crippen LogP contribution is -1.90. The van der Waals surface area contributed by atoms with Crippen LogP contribution in [-0.2, 0) is 0 Å². The Balaban J connectivity index is 2.96. The summed E-state index contributed by atoms with van der Waals surface area (Å²) in [6, 6.07) is 4.15. The van der Waals surface area contributed by atoms with Gasteiger partial charge in [0.15, 0.2) is 5.65 Å². The molecule has 0 spiro atoms. The molecule has 0 aromatic carbocycles. The van der Waals surface area contributed by atoms with Crippen molar-refractivity contribution in [2.24, 2.45) is 0 Å². The van der Waals surface area contributed by atoms with Crippen molar-refractivity contribution in [3.63, 3.8) is 0 Å². The van der Waals surface area contributed by atoms with Crippen LogP contribution in [0, 0.1) is 7.27 Å². The summed E-state index contributed by atoms with van der Waals surface area (Å²) in [4.78, 5) is 4.23. The Hall–Kier alpha value is 0.150. The molecule has 2 heterocycles. The third-order valence-electron chi connectivity index (χ3n) is 1.45. The van der Waals surface area contributed by atoms with Gasteiger partial charge >= 0.3 is 0 Å². The first kappa shape index (κ1) is 7.78. The highest BCUT2D eigenvalue weighted by Gasteiger charge is 2.00. The predicted octanol–water partition coefficient (Wildman–Crippen LogP) is 2.54. The second-order valence-corrected chi connectivity index (χ2v) is 4.39. The van der Waals surface area contributed by atoms with Crippen molar-refractivity contribution in [3.8, 4) is 0 Å². The third kappa shape index (κ3) is 1.26. The number of imidazole rings is 1. The van der Waals surface area contributed by atoms with Crippen LogP contribution in [-0.4, -0.2) is 9.38 Å². The maximum absolute atomic E-state index is 4.23. The van der Waals surface area contributed by atoms with Crippen LogP contribution in [0.2, 0.25) is 0 Å². The molecule has 0 aliphatic carbocycles. The van der Waals surface area contributed by atoms with Crippen LogP contribution in [0.3, 0.4) is 0 Å². The Morgan fingerprint density at radius 3 is 2.82 bits per heavy atom. The van der Waals surface area contributed by atoms with E-state index in [9.17, 15) is 0 Å². The zero-order valence-electron chi connectivity index (χ0n) is 5.46. The quantitative estimate of drug-likeness (QED) is 0.515. The number of hydrogen-bond acceptors (Lipinski definition) is 1. The molecule has 56 valence electrons. The van der Waals surface area contributed by atoms with E-state index in [0.29, 0.717) is 0 Å². The van der Waals surface area contributed by atoms with Gasteiger partial charge in [0.1, 0.15) is 0 Å². The lowest BCUT2D eigenvalue weighted by Gasteiger charge is -1.97. The molecule has 0 unspecified atom stereocenters. The van der Waals surface area contributed by atoms with Crippen LogP contribution in [0.4, 0.5) is 0 Å². The molecule has 2 aromatic rings. The van der Waals surface area contributed by atoms with Crippen LogP contribution >= 0.6 is 45.2 Å². The summed E-state index contributed by atoms with van der Waals surface area (Å²) in [5, 5.41) is 0. The van der Waals surface area contributed by atoms with Gasteiger partial charge in [-0.15, -0.1) is 0 Å². The summed E-state index contributed by atoms with van der Waals surface area (Å²) >= 11 is 4.58. The number of nitrogens with zero attached hydrogens (tertiary/aromatic N) is 2. The molecule has 2 rings (SSSR count). The molecular weight excluding hydrogens is 366 g/mol. The van der Waals surface area contributed by atoms with E-state index >= 15 is 0 Å². The van der Waals surface area contributed by atoms with Crippen molar-refractivity contribution in [2.75, 3.05) is 0 Å². The zero-order valence-corrected chi connectivity index (χ0v) is 9.77. The summed E-state index contributed by atoms with van der Waals surface area (Å²) in [5.74, 6) is 0. The SMILES string of the molecule is Ic1ccc(I)n2ccnc12. The van der Waals surface area contributed by atoms with Crippen molar-refractivity contribution in [2.45, 2.75) is 0 Å². The molecule has 2 aromatic heterocycles. The Kier molecular flexibility index (Phi) is 2.04. The maximum Gasteiger partial charge on any atom is 0.150 e. The van der Waals surface area contributed by atoms with Gasteiger partial charge in [-0.2, -0.15) is 0 Å². The van der Waals surface area contributed by atoms with E-state index in [-0.39, 0.29) is 0 Å². The summed E-state index contributed by atoms with van der Waals surface area (Å²) in [5.41, 5.74) is 1.04. The largest absolute Gasteiger partial charge is 0.294 e. The van der Waals surface area contributed by atoms with E-state index in [1.54, 1.807) is 0 Å². The number of pyridine rings is 1. The van der Waals surface area contributed by atoms with E-state index in [1.807, 2.05) is 12.4 Å². The van der Waals surface area contributed by atoms with Crippen LogP contribution in [0.1, 0.15) is 0 Å². The van der Waals surface area contributed by atoms with E-state index in [1.165, 1.54) is 7.27 Å². The van der Waals surface area contributed by atoms with Crippen molar-refractivity contribution in [1.29, 1.82) is 0 Å². The highest BCUT2D eigenvalue weighted by atomic mass is 127. The van der Waals surface area contributed by atoms with Gasteiger partial charge in [-0.3, -0.25) is 4.40 Å². The van der Waals surface area contributed by atoms with E-state index in [0.717, 1.165) is 5.65 Å². The van der Waals surface area contributed by atoms with Crippen molar-refractivity contribution in [3.05, 3.63) is 31.8 Å². The second-order valence-electron chi connectivity index (χ2n) is 2.12. The minimum Gasteiger partial charge on any atom is -0.294 e. The molecule has 11 heavy (non-hydrogen) atoms. The Labute approximate surface area is 91.3 Å². The van der Waals surface area contributed by atoms with E-state index in [2.05, 4.69) is 66.7 Å². The smallest absolute Gasteiger partial charge is 0.150 e. The predicted molar refractivity (Wildman–Crippen MR) is 60.6 cm³/mol. The van der Waals surface area contributed by atoms with Crippen molar-refractivity contribution < 1.29 is 0 Å². The van der Waals surface area contributed by atoms with Crippen LogP contribution in [0.5, 0.6) is 0 Å². The summed E-state index contributed by atoms with van der Waals surface area (Å²) in [7, 11) is 0. The fourth-order valence-corrected chi connectivity index (χ4v) is 2.10. The Morgan fingerprint density at radius 1 is 1.27 bits per heavy atom. The first-order valence-corrected chi connectivity index (χ1v) is 5.22. The van der Waals surface area contributed by atoms with Gasteiger partial charge in [-0.05, 0) is 57.3 Å². The van der Waals surface area contributed by atoms with Gasteiger partial charge in [0.2, 0.25) is 0 Å². The van der Waals surface area contributed by atoms with Gasteiger partial charge in [0.05, 0.1) is 7.27 Å². The van der Waals surface area contributed by atoms with Crippen LogP contribution in [0.15, 0.2) is 24.5 Å². The maximum atomic E-state index is 4.23. The molecule has 0 saturated carbocycles. The van der Waals surface area contributed by atoms with Gasteiger partial charge in [0, 0.05) is 12.4 Å². The third-order valence-corrected chi connectivity index (χ3v) is 3.17. The minimum atomic E-state index is 1.04. The average molecular weight is 370 g/mol. The lowest BCUT2D eigenvalue weighted by molar-refractivity contribution is 1.13. The Morgan fingerprint density at radius 2 is 2.09 bits per heavy atom.